The molecule has 1 unspecified atom stereocenters. The maximum absolute atomic E-state index is 12.7. The molecule has 2 N–H and O–H groups in total. The third kappa shape index (κ3) is 6.59. The fourth-order valence-electron chi connectivity index (χ4n) is 3.08. The number of benzene rings is 1. The smallest absolute Gasteiger partial charge is 0.258 e. The molecule has 8 heteroatoms. The molecule has 1 aliphatic heterocycles. The van der Waals surface area contributed by atoms with Crippen LogP contribution in [0.25, 0.3) is 0 Å². The summed E-state index contributed by atoms with van der Waals surface area (Å²) in [5.41, 5.74) is 0.561. The summed E-state index contributed by atoms with van der Waals surface area (Å²) < 4.78 is 10.9. The predicted octanol–water partition coefficient (Wildman–Crippen LogP) is 1.70. The Labute approximate surface area is 167 Å². The van der Waals surface area contributed by atoms with E-state index in [1.165, 1.54) is 7.11 Å². The summed E-state index contributed by atoms with van der Waals surface area (Å²) in [5.74, 6) is 1.17. The topological polar surface area (TPSA) is 79.9 Å². The number of halogens is 1. The van der Waals surface area contributed by atoms with Crippen molar-refractivity contribution < 1.29 is 19.1 Å². The summed E-state index contributed by atoms with van der Waals surface area (Å²) in [6.07, 6.45) is 1.01. The van der Waals surface area contributed by atoms with E-state index < -0.39 is 0 Å². The van der Waals surface area contributed by atoms with E-state index in [4.69, 9.17) is 9.47 Å². The van der Waals surface area contributed by atoms with Crippen molar-refractivity contribution in [3.63, 3.8) is 0 Å². The molecule has 2 amide bonds. The molecule has 7 nitrogen and oxygen atoms in total. The van der Waals surface area contributed by atoms with Crippen LogP contribution in [0.5, 0.6) is 11.5 Å². The molecule has 0 saturated carbocycles. The first kappa shape index (κ1) is 23.0. The van der Waals surface area contributed by atoms with E-state index in [1.807, 2.05) is 25.8 Å². The Morgan fingerprint density at radius 3 is 2.67 bits per heavy atom. The number of hydrogen-bond donors (Lipinski definition) is 2. The lowest BCUT2D eigenvalue weighted by atomic mass is 10.1. The van der Waals surface area contributed by atoms with Crippen LogP contribution < -0.4 is 20.1 Å². The summed E-state index contributed by atoms with van der Waals surface area (Å²) in [5, 5.41) is 5.92. The second-order valence-corrected chi connectivity index (χ2v) is 6.84. The number of nitrogens with one attached hydrogen (secondary N) is 2. The molecule has 27 heavy (non-hydrogen) atoms. The summed E-state index contributed by atoms with van der Waals surface area (Å²) in [6, 6.07) is 5.12. The first-order valence-corrected chi connectivity index (χ1v) is 8.98. The zero-order valence-corrected chi connectivity index (χ0v) is 17.2. The Kier molecular flexibility index (Phi) is 9.38. The summed E-state index contributed by atoms with van der Waals surface area (Å²) in [4.78, 5) is 26.3. The number of carbonyl (C=O) groups is 2. The Morgan fingerprint density at radius 1 is 1.30 bits per heavy atom. The van der Waals surface area contributed by atoms with Crippen LogP contribution in [0, 0.1) is 5.92 Å². The van der Waals surface area contributed by atoms with Crippen LogP contribution in [0.3, 0.4) is 0 Å². The van der Waals surface area contributed by atoms with Gasteiger partial charge in [-0.25, -0.2) is 0 Å². The van der Waals surface area contributed by atoms with E-state index in [2.05, 4.69) is 10.6 Å². The van der Waals surface area contributed by atoms with Crippen LogP contribution in [0.2, 0.25) is 0 Å². The highest BCUT2D eigenvalue weighted by Crippen LogP contribution is 2.29. The van der Waals surface area contributed by atoms with E-state index >= 15 is 0 Å². The van der Waals surface area contributed by atoms with Crippen molar-refractivity contribution in [1.29, 1.82) is 0 Å². The Hall–Kier alpha value is -1.99. The number of rotatable bonds is 8. The average molecular weight is 400 g/mol. The standard InChI is InChI=1S/C19H29N3O4.ClH/c1-13(2)21-18(23)12-26-16-6-5-15(9-17(16)25-4)19(24)22-8-7-14(11-22)10-20-3;/h5-6,9,13-14,20H,7-8,10-12H2,1-4H3,(H,21,23);1H. The van der Waals surface area contributed by atoms with E-state index in [1.54, 1.807) is 18.2 Å². The third-order valence-corrected chi connectivity index (χ3v) is 4.28. The van der Waals surface area contributed by atoms with Gasteiger partial charge in [0.15, 0.2) is 18.1 Å². The molecule has 1 aromatic carbocycles. The zero-order valence-electron chi connectivity index (χ0n) is 16.4. The van der Waals surface area contributed by atoms with Gasteiger partial charge in [-0.3, -0.25) is 9.59 Å². The van der Waals surface area contributed by atoms with Gasteiger partial charge in [0, 0.05) is 24.7 Å². The number of likely N-dealkylation sites (tertiary alicyclic amines) is 1. The molecule has 1 heterocycles. The fourth-order valence-corrected chi connectivity index (χ4v) is 3.08. The second-order valence-electron chi connectivity index (χ2n) is 6.84. The van der Waals surface area contributed by atoms with Gasteiger partial charge >= 0.3 is 0 Å². The summed E-state index contributed by atoms with van der Waals surface area (Å²) >= 11 is 0. The van der Waals surface area contributed by atoms with Crippen molar-refractivity contribution in [2.75, 3.05) is 40.4 Å². The first-order valence-electron chi connectivity index (χ1n) is 8.98. The Bertz CT molecular complexity index is 639. The molecule has 0 aliphatic carbocycles. The molecule has 0 aromatic heterocycles. The molecular weight excluding hydrogens is 370 g/mol. The molecule has 1 aromatic rings. The van der Waals surface area contributed by atoms with Gasteiger partial charge in [-0.2, -0.15) is 0 Å². The molecular formula is C19H30ClN3O4. The lowest BCUT2D eigenvalue weighted by Crippen LogP contribution is -2.34. The second kappa shape index (κ2) is 11.0. The molecule has 152 valence electrons. The first-order chi connectivity index (χ1) is 12.4. The van der Waals surface area contributed by atoms with Gasteiger partial charge in [-0.15, -0.1) is 12.4 Å². The lowest BCUT2D eigenvalue weighted by molar-refractivity contribution is -0.123. The van der Waals surface area contributed by atoms with Gasteiger partial charge < -0.3 is 25.0 Å². The monoisotopic (exact) mass is 399 g/mol. The van der Waals surface area contributed by atoms with Gasteiger partial charge in [-0.05, 0) is 58.0 Å². The number of methoxy groups -OCH3 is 1. The summed E-state index contributed by atoms with van der Waals surface area (Å²) in [6.45, 7) is 6.12. The highest BCUT2D eigenvalue weighted by Gasteiger charge is 2.27. The van der Waals surface area contributed by atoms with Crippen LogP contribution in [-0.4, -0.2) is 63.2 Å². The van der Waals surface area contributed by atoms with E-state index in [0.717, 1.165) is 26.1 Å². The lowest BCUT2D eigenvalue weighted by Gasteiger charge is -2.18. The van der Waals surface area contributed by atoms with Gasteiger partial charge in [-0.1, -0.05) is 0 Å². The molecule has 2 rings (SSSR count). The van der Waals surface area contributed by atoms with Crippen LogP contribution in [-0.2, 0) is 4.79 Å². The maximum Gasteiger partial charge on any atom is 0.258 e. The minimum absolute atomic E-state index is 0. The Morgan fingerprint density at radius 2 is 2.04 bits per heavy atom. The number of carbonyl (C=O) groups excluding carboxylic acids is 2. The minimum atomic E-state index is -0.199. The van der Waals surface area contributed by atoms with E-state index in [0.29, 0.717) is 23.0 Å². The summed E-state index contributed by atoms with van der Waals surface area (Å²) in [7, 11) is 3.44. The number of hydrogen-bond acceptors (Lipinski definition) is 5. The van der Waals surface area contributed by atoms with Gasteiger partial charge in [0.25, 0.3) is 11.8 Å². The van der Waals surface area contributed by atoms with Crippen LogP contribution in [0.4, 0.5) is 0 Å². The van der Waals surface area contributed by atoms with Crippen LogP contribution in [0.15, 0.2) is 18.2 Å². The average Bonchev–Trinajstić information content (AvgIpc) is 3.07. The predicted molar refractivity (Wildman–Crippen MR) is 107 cm³/mol. The molecule has 0 radical (unpaired) electrons. The molecule has 1 atom stereocenters. The largest absolute Gasteiger partial charge is 0.493 e. The third-order valence-electron chi connectivity index (χ3n) is 4.28. The van der Waals surface area contributed by atoms with Gasteiger partial charge in [0.2, 0.25) is 0 Å². The van der Waals surface area contributed by atoms with Crippen molar-refractivity contribution in [1.82, 2.24) is 15.5 Å². The fraction of sp³-hybridized carbons (Fsp3) is 0.579. The van der Waals surface area contributed by atoms with Crippen molar-refractivity contribution in [3.05, 3.63) is 23.8 Å². The maximum atomic E-state index is 12.7. The van der Waals surface area contributed by atoms with Crippen molar-refractivity contribution in [2.24, 2.45) is 5.92 Å². The number of nitrogens with zero attached hydrogens (tertiary/aromatic N) is 1. The minimum Gasteiger partial charge on any atom is -0.493 e. The molecule has 0 spiro atoms. The Balaban J connectivity index is 0.00000364. The van der Waals surface area contributed by atoms with Crippen molar-refractivity contribution in [2.45, 2.75) is 26.3 Å². The van der Waals surface area contributed by atoms with Crippen LogP contribution >= 0.6 is 12.4 Å². The van der Waals surface area contributed by atoms with Crippen LogP contribution in [0.1, 0.15) is 30.6 Å². The number of amides is 2. The van der Waals surface area contributed by atoms with Crippen molar-refractivity contribution in [3.8, 4) is 11.5 Å². The zero-order chi connectivity index (χ0) is 19.1. The van der Waals surface area contributed by atoms with Gasteiger partial charge in [0.05, 0.1) is 7.11 Å². The number of ether oxygens (including phenoxy) is 2. The van der Waals surface area contributed by atoms with Crippen molar-refractivity contribution >= 4 is 24.2 Å². The normalized spacial score (nSPS) is 16.0. The molecule has 1 saturated heterocycles. The van der Waals surface area contributed by atoms with E-state index in [-0.39, 0.29) is 36.9 Å². The molecule has 1 aliphatic rings. The quantitative estimate of drug-likeness (QED) is 0.695. The molecule has 0 bridgehead atoms. The molecule has 1 fully saturated rings. The van der Waals surface area contributed by atoms with Gasteiger partial charge in [0.1, 0.15) is 0 Å². The van der Waals surface area contributed by atoms with E-state index in [9.17, 15) is 9.59 Å². The SMILES string of the molecule is CNCC1CCN(C(=O)c2ccc(OCC(=O)NC(C)C)c(OC)c2)C1.Cl. The highest BCUT2D eigenvalue weighted by molar-refractivity contribution is 5.95. The highest BCUT2D eigenvalue weighted by atomic mass is 35.5.